The molecule has 0 aliphatic carbocycles. The van der Waals surface area contributed by atoms with Gasteiger partial charge in [-0.3, -0.25) is 14.3 Å². The van der Waals surface area contributed by atoms with Crippen LogP contribution in [0.15, 0.2) is 21.9 Å². The molecule has 1 fully saturated rings. The first-order chi connectivity index (χ1) is 9.08. The summed E-state index contributed by atoms with van der Waals surface area (Å²) in [5, 5.41) is 9.21. The van der Waals surface area contributed by atoms with E-state index >= 15 is 0 Å². The molecule has 2 atom stereocenters. The van der Waals surface area contributed by atoms with Crippen molar-refractivity contribution in [2.24, 2.45) is 0 Å². The number of hydrogen-bond acceptors (Lipinski definition) is 4. The van der Waals surface area contributed by atoms with Crippen molar-refractivity contribution in [2.75, 3.05) is 6.61 Å². The van der Waals surface area contributed by atoms with Crippen molar-refractivity contribution in [3.8, 4) is 12.1 Å². The van der Waals surface area contributed by atoms with E-state index < -0.39 is 23.5 Å². The van der Waals surface area contributed by atoms with Gasteiger partial charge in [-0.25, -0.2) is 4.79 Å². The zero-order valence-corrected chi connectivity index (χ0v) is 10.1. The van der Waals surface area contributed by atoms with Crippen LogP contribution in [0.3, 0.4) is 0 Å². The quantitative estimate of drug-likeness (QED) is 0.715. The molecule has 0 aromatic carbocycles. The third-order valence-electron chi connectivity index (χ3n) is 3.09. The highest BCUT2D eigenvalue weighted by molar-refractivity contribution is 5.14. The fourth-order valence-corrected chi connectivity index (χ4v) is 2.10. The molecule has 1 aromatic rings. The number of hydrogen-bond donors (Lipinski definition) is 2. The van der Waals surface area contributed by atoms with Gasteiger partial charge in [0.15, 0.2) is 5.60 Å². The van der Waals surface area contributed by atoms with Crippen LogP contribution in [-0.4, -0.2) is 33.0 Å². The summed E-state index contributed by atoms with van der Waals surface area (Å²) in [6, 6.07) is 1.23. The van der Waals surface area contributed by atoms with Crippen LogP contribution in [0.2, 0.25) is 0 Å². The molecule has 6 nitrogen and oxygen atoms in total. The first kappa shape index (κ1) is 13.5. The lowest BCUT2D eigenvalue weighted by atomic mass is 10.0. The van der Waals surface area contributed by atoms with Crippen molar-refractivity contribution < 1.29 is 14.2 Å². The highest BCUT2D eigenvalue weighted by Crippen LogP contribution is 2.30. The summed E-state index contributed by atoms with van der Waals surface area (Å²) in [7, 11) is 0. The monoisotopic (exact) mass is 268 g/mol. The van der Waals surface area contributed by atoms with E-state index in [2.05, 4.69) is 10.9 Å². The highest BCUT2D eigenvalue weighted by atomic mass is 19.1. The van der Waals surface area contributed by atoms with Crippen molar-refractivity contribution in [1.82, 2.24) is 9.55 Å². The molecule has 1 aliphatic rings. The van der Waals surface area contributed by atoms with E-state index in [1.165, 1.54) is 23.0 Å². The second-order valence-corrected chi connectivity index (χ2v) is 4.41. The summed E-state index contributed by atoms with van der Waals surface area (Å²) < 4.78 is 18.9. The molecule has 0 radical (unpaired) electrons. The van der Waals surface area contributed by atoms with Gasteiger partial charge in [-0.05, 0) is 18.8 Å². The molecule has 0 bridgehead atoms. The Kier molecular flexibility index (Phi) is 3.83. The number of rotatable bonds is 3. The van der Waals surface area contributed by atoms with E-state index in [1.807, 2.05) is 0 Å². The van der Waals surface area contributed by atoms with Crippen LogP contribution in [0, 0.1) is 12.1 Å². The van der Waals surface area contributed by atoms with Gasteiger partial charge in [0.05, 0.1) is 19.3 Å². The molecule has 0 amide bonds. The fraction of sp³-hybridized carbons (Fsp3) is 0.500. The molecule has 102 valence electrons. The van der Waals surface area contributed by atoms with E-state index in [4.69, 9.17) is 4.74 Å². The molecule has 1 unspecified atom stereocenters. The summed E-state index contributed by atoms with van der Waals surface area (Å²) in [6.07, 6.45) is 3.19. The molecule has 2 heterocycles. The third-order valence-corrected chi connectivity index (χ3v) is 3.09. The third kappa shape index (κ3) is 2.92. The lowest BCUT2D eigenvalue weighted by molar-refractivity contribution is -0.0400. The molecular weight excluding hydrogens is 255 g/mol. The van der Waals surface area contributed by atoms with Crippen molar-refractivity contribution in [3.05, 3.63) is 33.1 Å². The molecule has 0 saturated carbocycles. The summed E-state index contributed by atoms with van der Waals surface area (Å²) in [4.78, 5) is 24.6. The number of ether oxygens (including phenoxy) is 1. The summed E-state index contributed by atoms with van der Waals surface area (Å²) in [5.41, 5.74) is -2.19. The van der Waals surface area contributed by atoms with Gasteiger partial charge >= 0.3 is 5.69 Å². The number of halogens is 1. The maximum atomic E-state index is 12.1. The van der Waals surface area contributed by atoms with Gasteiger partial charge in [0.25, 0.3) is 5.56 Å². The van der Waals surface area contributed by atoms with Crippen molar-refractivity contribution in [1.29, 1.82) is 0 Å². The largest absolute Gasteiger partial charge is 0.392 e. The second-order valence-electron chi connectivity index (χ2n) is 4.41. The van der Waals surface area contributed by atoms with Crippen LogP contribution in [-0.2, 0) is 11.3 Å². The van der Waals surface area contributed by atoms with Gasteiger partial charge in [0, 0.05) is 12.3 Å². The Labute approximate surface area is 107 Å². The van der Waals surface area contributed by atoms with Crippen molar-refractivity contribution in [3.63, 3.8) is 0 Å². The molecule has 2 rings (SSSR count). The summed E-state index contributed by atoms with van der Waals surface area (Å²) >= 11 is 0. The topological polar surface area (TPSA) is 84.3 Å². The minimum Gasteiger partial charge on any atom is -0.392 e. The predicted molar refractivity (Wildman–Crippen MR) is 64.1 cm³/mol. The van der Waals surface area contributed by atoms with E-state index in [0.717, 1.165) is 0 Å². The van der Waals surface area contributed by atoms with E-state index in [0.29, 0.717) is 12.8 Å². The number of aliphatic hydroxyl groups is 1. The Morgan fingerprint density at radius 1 is 1.63 bits per heavy atom. The average Bonchev–Trinajstić information content (AvgIpc) is 2.77. The smallest absolute Gasteiger partial charge is 0.328 e. The van der Waals surface area contributed by atoms with Crippen LogP contribution in [0.5, 0.6) is 0 Å². The normalized spacial score (nSPS) is 25.9. The Hall–Kier alpha value is -1.91. The van der Waals surface area contributed by atoms with Gasteiger partial charge in [0.1, 0.15) is 6.17 Å². The fourth-order valence-electron chi connectivity index (χ4n) is 2.10. The molecule has 1 saturated heterocycles. The number of aromatic amines is 1. The first-order valence-electron chi connectivity index (χ1n) is 5.80. The number of aliphatic hydroxyl groups excluding tert-OH is 1. The second kappa shape index (κ2) is 5.38. The van der Waals surface area contributed by atoms with Crippen molar-refractivity contribution >= 4 is 0 Å². The number of aromatic nitrogens is 2. The molecule has 7 heteroatoms. The zero-order chi connectivity index (χ0) is 13.9. The Morgan fingerprint density at radius 2 is 2.42 bits per heavy atom. The van der Waals surface area contributed by atoms with Crippen molar-refractivity contribution in [2.45, 2.75) is 31.1 Å². The van der Waals surface area contributed by atoms with Crippen LogP contribution < -0.4 is 11.2 Å². The number of H-pyrrole nitrogens is 1. The first-order valence-corrected chi connectivity index (χ1v) is 5.80. The molecule has 1 aliphatic heterocycles. The van der Waals surface area contributed by atoms with Crippen LogP contribution in [0.1, 0.15) is 12.8 Å². The zero-order valence-electron chi connectivity index (χ0n) is 10.1. The van der Waals surface area contributed by atoms with E-state index in [9.17, 15) is 19.1 Å². The maximum Gasteiger partial charge on any atom is 0.328 e. The number of nitrogens with zero attached hydrogens (tertiary/aromatic N) is 1. The lowest BCUT2D eigenvalue weighted by Crippen LogP contribution is -2.35. The minimum absolute atomic E-state index is 0.214. The highest BCUT2D eigenvalue weighted by Gasteiger charge is 2.38. The number of nitrogens with one attached hydrogen (secondary N) is 1. The minimum atomic E-state index is -1.19. The molecule has 1 aromatic heterocycles. The SMILES string of the molecule is O=c1ccn(CC2CC[C@@](C#CF)(CO)O2)c(=O)[nH]1. The molecule has 2 N–H and O–H groups in total. The van der Waals surface area contributed by atoms with Gasteiger partial charge in [0.2, 0.25) is 0 Å². The summed E-state index contributed by atoms with van der Waals surface area (Å²) in [5.74, 6) is 2.21. The Balaban J connectivity index is 2.11. The molecular formula is C12H13FN2O4. The Morgan fingerprint density at radius 3 is 3.05 bits per heavy atom. The van der Waals surface area contributed by atoms with Gasteiger partial charge in [-0.15, -0.1) is 4.39 Å². The van der Waals surface area contributed by atoms with Crippen LogP contribution in [0.25, 0.3) is 0 Å². The molecule has 0 spiro atoms. The maximum absolute atomic E-state index is 12.1. The lowest BCUT2D eigenvalue weighted by Gasteiger charge is -2.21. The van der Waals surface area contributed by atoms with Crippen LogP contribution in [0.4, 0.5) is 4.39 Å². The predicted octanol–water partition coefficient (Wildman–Crippen LogP) is -0.623. The van der Waals surface area contributed by atoms with Gasteiger partial charge in [-0.1, -0.05) is 0 Å². The standard InChI is InChI=1S/C12H13FN2O4/c13-5-4-12(8-16)3-1-9(19-12)7-15-6-2-10(17)14-11(15)18/h2,6,9,16H,1,3,7-8H2,(H,14,17,18)/t9?,12-/m1/s1. The van der Waals surface area contributed by atoms with Gasteiger partial charge < -0.3 is 9.84 Å². The molecule has 19 heavy (non-hydrogen) atoms. The van der Waals surface area contributed by atoms with E-state index in [1.54, 1.807) is 0 Å². The Bertz CT molecular complexity index is 627. The van der Waals surface area contributed by atoms with Crippen LogP contribution >= 0.6 is 0 Å². The van der Waals surface area contributed by atoms with E-state index in [-0.39, 0.29) is 12.6 Å². The summed E-state index contributed by atoms with van der Waals surface area (Å²) in [6.45, 7) is -0.188. The van der Waals surface area contributed by atoms with Gasteiger partial charge in [-0.2, -0.15) is 0 Å². The average molecular weight is 268 g/mol.